The van der Waals surface area contributed by atoms with Crippen molar-refractivity contribution in [3.63, 3.8) is 0 Å². The van der Waals surface area contributed by atoms with Crippen molar-refractivity contribution in [2.75, 3.05) is 19.7 Å². The molecule has 0 fully saturated rings. The molecule has 0 atom stereocenters. The van der Waals surface area contributed by atoms with Crippen molar-refractivity contribution >= 4 is 10.0 Å². The molecule has 6 heteroatoms. The minimum absolute atomic E-state index is 0.0232. The Balaban J connectivity index is 3.37. The van der Waals surface area contributed by atoms with Gasteiger partial charge in [-0.3, -0.25) is 0 Å². The number of rotatable bonds is 6. The van der Waals surface area contributed by atoms with Crippen LogP contribution in [0.3, 0.4) is 0 Å². The quantitative estimate of drug-likeness (QED) is 0.809. The van der Waals surface area contributed by atoms with Crippen molar-refractivity contribution < 1.29 is 17.9 Å². The maximum atomic E-state index is 13.2. The molecule has 1 rings (SSSR count). The standard InChI is InChI=1S/C13H18FNO3S/c1-4-5-15(6-7-16)19(17,18)13-10(2)8-12(14)9-11(13)3/h4,8-9,16H,1,5-7H2,2-3H3. The highest BCUT2D eigenvalue weighted by atomic mass is 32.2. The lowest BCUT2D eigenvalue weighted by molar-refractivity contribution is 0.260. The van der Waals surface area contributed by atoms with Gasteiger partial charge in [-0.1, -0.05) is 6.08 Å². The van der Waals surface area contributed by atoms with Gasteiger partial charge in [0, 0.05) is 13.1 Å². The lowest BCUT2D eigenvalue weighted by Gasteiger charge is -2.22. The lowest BCUT2D eigenvalue weighted by Crippen LogP contribution is -2.34. The molecular formula is C13H18FNO3S. The van der Waals surface area contributed by atoms with Gasteiger partial charge in [-0.2, -0.15) is 4.31 Å². The molecule has 0 aliphatic carbocycles. The molecule has 1 aromatic rings. The molecular weight excluding hydrogens is 269 g/mol. The first-order valence-corrected chi connectivity index (χ1v) is 7.27. The number of aliphatic hydroxyl groups excluding tert-OH is 1. The molecule has 0 aliphatic heterocycles. The molecule has 0 aromatic heterocycles. The number of aliphatic hydroxyl groups is 1. The van der Waals surface area contributed by atoms with Crippen LogP contribution < -0.4 is 0 Å². The summed E-state index contributed by atoms with van der Waals surface area (Å²) in [4.78, 5) is 0.0872. The van der Waals surface area contributed by atoms with E-state index in [1.807, 2.05) is 0 Å². The van der Waals surface area contributed by atoms with E-state index >= 15 is 0 Å². The van der Waals surface area contributed by atoms with Gasteiger partial charge in [0.15, 0.2) is 0 Å². The summed E-state index contributed by atoms with van der Waals surface area (Å²) in [7, 11) is -3.77. The van der Waals surface area contributed by atoms with Gasteiger partial charge < -0.3 is 5.11 Å². The van der Waals surface area contributed by atoms with Gasteiger partial charge in [0.25, 0.3) is 0 Å². The van der Waals surface area contributed by atoms with Crippen LogP contribution in [0.15, 0.2) is 29.7 Å². The maximum absolute atomic E-state index is 13.2. The number of halogens is 1. The van der Waals surface area contributed by atoms with Crippen molar-refractivity contribution in [3.05, 3.63) is 41.7 Å². The Labute approximate surface area is 113 Å². The van der Waals surface area contributed by atoms with E-state index in [1.54, 1.807) is 13.8 Å². The first kappa shape index (κ1) is 15.8. The highest BCUT2D eigenvalue weighted by Crippen LogP contribution is 2.24. The van der Waals surface area contributed by atoms with E-state index in [2.05, 4.69) is 6.58 Å². The zero-order chi connectivity index (χ0) is 14.6. The third-order valence-electron chi connectivity index (χ3n) is 2.71. The number of aryl methyl sites for hydroxylation is 2. The van der Waals surface area contributed by atoms with Gasteiger partial charge >= 0.3 is 0 Å². The molecule has 1 N–H and O–H groups in total. The summed E-state index contributed by atoms with van der Waals surface area (Å²) < 4.78 is 39.4. The second kappa shape index (κ2) is 6.27. The lowest BCUT2D eigenvalue weighted by atomic mass is 10.1. The van der Waals surface area contributed by atoms with Gasteiger partial charge in [0.05, 0.1) is 11.5 Å². The SMILES string of the molecule is C=CCN(CCO)S(=O)(=O)c1c(C)cc(F)cc1C. The fraction of sp³-hybridized carbons (Fsp3) is 0.385. The number of sulfonamides is 1. The Morgan fingerprint density at radius 3 is 2.32 bits per heavy atom. The third-order valence-corrected chi connectivity index (χ3v) is 4.88. The van der Waals surface area contributed by atoms with Crippen LogP contribution in [0, 0.1) is 19.7 Å². The molecule has 0 heterocycles. The number of hydrogen-bond donors (Lipinski definition) is 1. The van der Waals surface area contributed by atoms with Gasteiger partial charge in [-0.25, -0.2) is 12.8 Å². The van der Waals surface area contributed by atoms with Crippen molar-refractivity contribution in [2.45, 2.75) is 18.7 Å². The zero-order valence-electron chi connectivity index (χ0n) is 11.1. The summed E-state index contributed by atoms with van der Waals surface area (Å²) in [6.07, 6.45) is 1.45. The van der Waals surface area contributed by atoms with Crippen LogP contribution in [-0.4, -0.2) is 37.5 Å². The third kappa shape index (κ3) is 3.40. The fourth-order valence-electron chi connectivity index (χ4n) is 2.00. The van der Waals surface area contributed by atoms with E-state index in [0.29, 0.717) is 11.1 Å². The molecule has 19 heavy (non-hydrogen) atoms. The molecule has 106 valence electrons. The Morgan fingerprint density at radius 1 is 1.37 bits per heavy atom. The maximum Gasteiger partial charge on any atom is 0.243 e. The normalized spacial score (nSPS) is 11.8. The average Bonchev–Trinajstić information content (AvgIpc) is 2.26. The van der Waals surface area contributed by atoms with Crippen molar-refractivity contribution in [2.24, 2.45) is 0 Å². The highest BCUT2D eigenvalue weighted by Gasteiger charge is 2.26. The molecule has 0 spiro atoms. The predicted octanol–water partition coefficient (Wildman–Crippen LogP) is 1.61. The van der Waals surface area contributed by atoms with E-state index in [4.69, 9.17) is 5.11 Å². The van der Waals surface area contributed by atoms with E-state index < -0.39 is 15.8 Å². The molecule has 4 nitrogen and oxygen atoms in total. The largest absolute Gasteiger partial charge is 0.395 e. The van der Waals surface area contributed by atoms with E-state index in [-0.39, 0.29) is 24.6 Å². The molecule has 0 aliphatic rings. The zero-order valence-corrected chi connectivity index (χ0v) is 11.9. The summed E-state index contributed by atoms with van der Waals surface area (Å²) in [6, 6.07) is 2.37. The smallest absolute Gasteiger partial charge is 0.243 e. The van der Waals surface area contributed by atoms with Gasteiger partial charge in [0.2, 0.25) is 10.0 Å². The summed E-state index contributed by atoms with van der Waals surface area (Å²) in [5, 5.41) is 8.96. The molecule has 0 saturated heterocycles. The van der Waals surface area contributed by atoms with Crippen LogP contribution >= 0.6 is 0 Å². The fourth-order valence-corrected chi connectivity index (χ4v) is 3.81. The van der Waals surface area contributed by atoms with Crippen LogP contribution in [0.1, 0.15) is 11.1 Å². The van der Waals surface area contributed by atoms with E-state index in [1.165, 1.54) is 18.2 Å². The van der Waals surface area contributed by atoms with Crippen LogP contribution in [0.25, 0.3) is 0 Å². The minimum Gasteiger partial charge on any atom is -0.395 e. The predicted molar refractivity (Wildman–Crippen MR) is 71.9 cm³/mol. The van der Waals surface area contributed by atoms with Crippen LogP contribution in [0.5, 0.6) is 0 Å². The van der Waals surface area contributed by atoms with Crippen LogP contribution in [-0.2, 0) is 10.0 Å². The Kier molecular flexibility index (Phi) is 5.22. The van der Waals surface area contributed by atoms with Crippen molar-refractivity contribution in [1.82, 2.24) is 4.31 Å². The summed E-state index contributed by atoms with van der Waals surface area (Å²) in [6.45, 7) is 6.39. The number of hydrogen-bond acceptors (Lipinski definition) is 3. The minimum atomic E-state index is -3.77. The van der Waals surface area contributed by atoms with Crippen LogP contribution in [0.2, 0.25) is 0 Å². The number of benzene rings is 1. The van der Waals surface area contributed by atoms with Crippen molar-refractivity contribution in [3.8, 4) is 0 Å². The Bertz CT molecular complexity index is 546. The molecule has 0 radical (unpaired) electrons. The van der Waals surface area contributed by atoms with Gasteiger partial charge in [0.1, 0.15) is 5.82 Å². The van der Waals surface area contributed by atoms with E-state index in [9.17, 15) is 12.8 Å². The van der Waals surface area contributed by atoms with E-state index in [0.717, 1.165) is 4.31 Å². The van der Waals surface area contributed by atoms with Gasteiger partial charge in [-0.15, -0.1) is 6.58 Å². The Hall–Kier alpha value is -1.24. The second-order valence-electron chi connectivity index (χ2n) is 4.24. The number of nitrogens with zero attached hydrogens (tertiary/aromatic N) is 1. The average molecular weight is 287 g/mol. The van der Waals surface area contributed by atoms with Crippen LogP contribution in [0.4, 0.5) is 4.39 Å². The molecule has 1 aromatic carbocycles. The van der Waals surface area contributed by atoms with Gasteiger partial charge in [-0.05, 0) is 37.1 Å². The highest BCUT2D eigenvalue weighted by molar-refractivity contribution is 7.89. The summed E-state index contributed by atoms with van der Waals surface area (Å²) >= 11 is 0. The molecule has 0 unspecified atom stereocenters. The monoisotopic (exact) mass is 287 g/mol. The first-order chi connectivity index (χ1) is 8.84. The summed E-state index contributed by atoms with van der Waals surface area (Å²) in [5.74, 6) is -0.466. The Morgan fingerprint density at radius 2 is 1.89 bits per heavy atom. The second-order valence-corrected chi connectivity index (χ2v) is 6.12. The first-order valence-electron chi connectivity index (χ1n) is 5.83. The molecule has 0 bridgehead atoms. The summed E-state index contributed by atoms with van der Waals surface area (Å²) in [5.41, 5.74) is 0.703. The molecule has 0 amide bonds. The topological polar surface area (TPSA) is 57.6 Å². The molecule has 0 saturated carbocycles. The van der Waals surface area contributed by atoms with Crippen molar-refractivity contribution in [1.29, 1.82) is 0 Å².